The third-order valence-corrected chi connectivity index (χ3v) is 10.4. The number of ether oxygens (including phenoxy) is 1. The quantitative estimate of drug-likeness (QED) is 0.302. The molecule has 0 radical (unpaired) electrons. The van der Waals surface area contributed by atoms with Crippen LogP contribution in [-0.2, 0) is 29.0 Å². The van der Waals surface area contributed by atoms with E-state index in [1.165, 1.54) is 7.11 Å². The number of aromatic nitrogens is 1. The number of hydrogen-bond donors (Lipinski definition) is 3. The molecule has 2 fully saturated rings. The van der Waals surface area contributed by atoms with Gasteiger partial charge in [-0.3, -0.25) is 14.4 Å². The average Bonchev–Trinajstić information content (AvgIpc) is 3.63. The topological polar surface area (TPSA) is 171 Å². The number of likely N-dealkylation sites (N-methyl/N-ethyl adjacent to an activating group) is 1. The first-order valence-electron chi connectivity index (χ1n) is 16.6. The number of rotatable bonds is 9. The van der Waals surface area contributed by atoms with Crippen LogP contribution in [0.25, 0.3) is 22.0 Å². The van der Waals surface area contributed by atoms with Crippen molar-refractivity contribution in [2.45, 2.75) is 45.2 Å². The molecule has 0 bridgehead atoms. The highest BCUT2D eigenvalue weighted by Crippen LogP contribution is 2.49. The number of sulfonamides is 1. The Labute approximate surface area is 293 Å². The van der Waals surface area contributed by atoms with Crippen molar-refractivity contribution in [1.82, 2.24) is 24.2 Å². The summed E-state index contributed by atoms with van der Waals surface area (Å²) in [4.78, 5) is 47.3. The number of amides is 3. The summed E-state index contributed by atoms with van der Waals surface area (Å²) in [6.45, 7) is 10.1. The van der Waals surface area contributed by atoms with E-state index >= 15 is 0 Å². The van der Waals surface area contributed by atoms with Gasteiger partial charge < -0.3 is 34.8 Å². The number of methoxy groups -OCH3 is 1. The summed E-state index contributed by atoms with van der Waals surface area (Å²) < 4.78 is 35.4. The lowest BCUT2D eigenvalue weighted by Gasteiger charge is -2.37. The SMILES string of the molecule is COc1c(C(N)=O)cc(C(C)(C)C)c(-c2c(C(=O)O)n(C)c3c(CN4CCN(C(=O)N5CCC(N(C)C)C5)CC4)cccc23)c1NS(C)(=O)=O. The highest BCUT2D eigenvalue weighted by atomic mass is 32.2. The van der Waals surface area contributed by atoms with Gasteiger partial charge in [0.2, 0.25) is 10.0 Å². The van der Waals surface area contributed by atoms with Crippen LogP contribution in [-0.4, -0.2) is 128 Å². The summed E-state index contributed by atoms with van der Waals surface area (Å²) in [6, 6.07) is 7.63. The Kier molecular flexibility index (Phi) is 10.2. The number of aromatic carboxylic acids is 1. The molecule has 5 rings (SSSR count). The smallest absolute Gasteiger partial charge is 0.353 e. The predicted octanol–water partition coefficient (Wildman–Crippen LogP) is 3.19. The van der Waals surface area contributed by atoms with Crippen molar-refractivity contribution >= 4 is 44.5 Å². The zero-order valence-corrected chi connectivity index (χ0v) is 31.0. The molecular formula is C35H49N7O7S. The van der Waals surface area contributed by atoms with Gasteiger partial charge in [0, 0.05) is 75.4 Å². The second-order valence-electron chi connectivity index (χ2n) is 14.5. The van der Waals surface area contributed by atoms with Crippen LogP contribution in [0.1, 0.15) is 59.2 Å². The Morgan fingerprint density at radius 3 is 2.24 bits per heavy atom. The van der Waals surface area contributed by atoms with Gasteiger partial charge in [-0.15, -0.1) is 0 Å². The van der Waals surface area contributed by atoms with Gasteiger partial charge in [-0.2, -0.15) is 0 Å². The zero-order valence-electron chi connectivity index (χ0n) is 30.2. The van der Waals surface area contributed by atoms with E-state index in [4.69, 9.17) is 10.5 Å². The van der Waals surface area contributed by atoms with Crippen molar-refractivity contribution in [2.75, 3.05) is 71.5 Å². The summed E-state index contributed by atoms with van der Waals surface area (Å²) in [5.74, 6) is -2.14. The van der Waals surface area contributed by atoms with E-state index in [-0.39, 0.29) is 34.3 Å². The number of carbonyl (C=O) groups excluding carboxylic acids is 2. The average molecular weight is 712 g/mol. The van der Waals surface area contributed by atoms with Crippen molar-refractivity contribution in [1.29, 1.82) is 0 Å². The van der Waals surface area contributed by atoms with Crippen molar-refractivity contribution in [3.63, 3.8) is 0 Å². The number of benzene rings is 2. The Morgan fingerprint density at radius 1 is 1.06 bits per heavy atom. The summed E-state index contributed by atoms with van der Waals surface area (Å²) >= 11 is 0. The normalized spacial score (nSPS) is 17.5. The molecule has 0 aliphatic carbocycles. The molecular weight excluding hydrogens is 662 g/mol. The third-order valence-electron chi connectivity index (χ3n) is 9.79. The molecule has 3 amide bonds. The fraction of sp³-hybridized carbons (Fsp3) is 0.514. The van der Waals surface area contributed by atoms with Gasteiger partial charge in [-0.05, 0) is 43.1 Å². The number of aryl methyl sites for hydroxylation is 1. The standard InChI is InChI=1S/C35H49N7O7S/c1-35(2,3)25-18-24(32(36)43)31(49-7)28(37-50(8,47)48)27(25)26-23-11-9-10-21(29(23)39(6)30(26)33(44)45)19-40-14-16-41(17-15-40)34(46)42-13-12-22(20-42)38(4)5/h9-11,18,22,37H,12-17,19-20H2,1-8H3,(H2,36,43)(H,44,45). The number of urea groups is 1. The molecule has 1 atom stereocenters. The van der Waals surface area contributed by atoms with Gasteiger partial charge >= 0.3 is 12.0 Å². The number of hydrogen-bond acceptors (Lipinski definition) is 8. The molecule has 2 aliphatic rings. The number of carbonyl (C=O) groups is 3. The molecule has 15 heteroatoms. The van der Waals surface area contributed by atoms with Crippen LogP contribution in [0.2, 0.25) is 0 Å². The molecule has 0 spiro atoms. The Balaban J connectivity index is 1.60. The maximum atomic E-state index is 13.3. The maximum Gasteiger partial charge on any atom is 0.353 e. The van der Waals surface area contributed by atoms with Crippen LogP contribution in [0.3, 0.4) is 0 Å². The summed E-state index contributed by atoms with van der Waals surface area (Å²) in [5, 5.41) is 11.3. The molecule has 2 aliphatic heterocycles. The fourth-order valence-corrected chi connectivity index (χ4v) is 7.86. The highest BCUT2D eigenvalue weighted by Gasteiger charge is 2.35. The van der Waals surface area contributed by atoms with Crippen molar-refractivity contribution in [3.8, 4) is 16.9 Å². The van der Waals surface area contributed by atoms with Crippen LogP contribution in [0, 0.1) is 0 Å². The Morgan fingerprint density at radius 2 is 1.72 bits per heavy atom. The third kappa shape index (κ3) is 7.12. The summed E-state index contributed by atoms with van der Waals surface area (Å²) in [7, 11) is 3.11. The minimum Gasteiger partial charge on any atom is -0.494 e. The number of piperazine rings is 1. The van der Waals surface area contributed by atoms with Crippen LogP contribution in [0.15, 0.2) is 24.3 Å². The molecule has 4 N–H and O–H groups in total. The second-order valence-corrected chi connectivity index (χ2v) is 16.3. The molecule has 50 heavy (non-hydrogen) atoms. The number of carboxylic acids is 1. The minimum absolute atomic E-state index is 0.0370. The van der Waals surface area contributed by atoms with Gasteiger partial charge in [0.1, 0.15) is 5.69 Å². The second kappa shape index (κ2) is 13.8. The largest absolute Gasteiger partial charge is 0.494 e. The lowest BCUT2D eigenvalue weighted by molar-refractivity contribution is 0.0687. The molecule has 1 unspecified atom stereocenters. The monoisotopic (exact) mass is 711 g/mol. The van der Waals surface area contributed by atoms with Crippen LogP contribution in [0.4, 0.5) is 10.5 Å². The lowest BCUT2D eigenvalue weighted by atomic mass is 9.79. The van der Waals surface area contributed by atoms with Gasteiger partial charge in [-0.25, -0.2) is 18.0 Å². The molecule has 2 saturated heterocycles. The van der Waals surface area contributed by atoms with E-state index in [9.17, 15) is 27.9 Å². The molecule has 3 aromatic rings. The molecule has 0 saturated carbocycles. The molecule has 1 aromatic heterocycles. The minimum atomic E-state index is -3.95. The zero-order chi connectivity index (χ0) is 36.9. The lowest BCUT2D eigenvalue weighted by Crippen LogP contribution is -2.52. The molecule has 14 nitrogen and oxygen atoms in total. The molecule has 3 heterocycles. The van der Waals surface area contributed by atoms with E-state index in [0.29, 0.717) is 60.8 Å². The number of para-hydroxylation sites is 1. The number of fused-ring (bicyclic) bond motifs is 1. The van der Waals surface area contributed by atoms with E-state index in [0.717, 1.165) is 31.3 Å². The fourth-order valence-electron chi connectivity index (χ4n) is 7.30. The first-order chi connectivity index (χ1) is 23.3. The van der Waals surface area contributed by atoms with Crippen molar-refractivity contribution in [3.05, 3.63) is 46.6 Å². The van der Waals surface area contributed by atoms with Gasteiger partial charge in [0.25, 0.3) is 5.91 Å². The van der Waals surface area contributed by atoms with E-state index in [1.54, 1.807) is 17.7 Å². The number of carboxylic acid groups (broad SMARTS) is 1. The number of nitrogens with zero attached hydrogens (tertiary/aromatic N) is 5. The van der Waals surface area contributed by atoms with Crippen LogP contribution < -0.4 is 15.2 Å². The summed E-state index contributed by atoms with van der Waals surface area (Å²) in [5.41, 5.74) is 7.54. The first-order valence-corrected chi connectivity index (χ1v) is 18.5. The summed E-state index contributed by atoms with van der Waals surface area (Å²) in [6.07, 6.45) is 1.94. The predicted molar refractivity (Wildman–Crippen MR) is 193 cm³/mol. The van der Waals surface area contributed by atoms with E-state index < -0.39 is 27.3 Å². The molecule has 272 valence electrons. The maximum absolute atomic E-state index is 13.3. The number of anilines is 1. The van der Waals surface area contributed by atoms with Crippen molar-refractivity contribution in [2.24, 2.45) is 12.8 Å². The molecule has 2 aromatic carbocycles. The Hall–Kier alpha value is -4.34. The van der Waals surface area contributed by atoms with Crippen LogP contribution in [0.5, 0.6) is 5.75 Å². The first kappa shape index (κ1) is 36.9. The number of nitrogens with two attached hydrogens (primary N) is 1. The van der Waals surface area contributed by atoms with Gasteiger partial charge in [0.05, 0.1) is 30.1 Å². The number of likely N-dealkylation sites (tertiary alicyclic amines) is 1. The number of nitrogens with one attached hydrogen (secondary N) is 1. The van der Waals surface area contributed by atoms with Gasteiger partial charge in [0.15, 0.2) is 5.75 Å². The van der Waals surface area contributed by atoms with E-state index in [2.05, 4.69) is 14.5 Å². The highest BCUT2D eigenvalue weighted by molar-refractivity contribution is 7.92. The van der Waals surface area contributed by atoms with Crippen molar-refractivity contribution < 1.29 is 32.6 Å². The van der Waals surface area contributed by atoms with Crippen LogP contribution >= 0.6 is 0 Å². The van der Waals surface area contributed by atoms with Gasteiger partial charge in [-0.1, -0.05) is 39.0 Å². The Bertz CT molecular complexity index is 1940. The van der Waals surface area contributed by atoms with E-state index in [1.807, 2.05) is 62.9 Å². The number of primary amides is 1.